The number of anilines is 1. The molecule has 0 aliphatic rings. The number of para-hydroxylation sites is 1. The standard InChI is InChI=1S/C17H14IN3O/c1-12-11-16(20-21(12)15-5-3-2-4-6-15)17(22)19-14-9-7-13(18)8-10-14/h2-11H,1H3,(H,19,22). The monoisotopic (exact) mass is 403 g/mol. The predicted octanol–water partition coefficient (Wildman–Crippen LogP) is 4.04. The van der Waals surface area contributed by atoms with E-state index >= 15 is 0 Å². The van der Waals surface area contributed by atoms with Gasteiger partial charge in [0.25, 0.3) is 5.91 Å². The molecule has 0 aliphatic heterocycles. The number of halogens is 1. The zero-order valence-electron chi connectivity index (χ0n) is 12.0. The number of rotatable bonds is 3. The molecule has 2 aromatic carbocycles. The van der Waals surface area contributed by atoms with Crippen LogP contribution in [0.1, 0.15) is 16.2 Å². The van der Waals surface area contributed by atoms with Crippen LogP contribution >= 0.6 is 22.6 Å². The molecule has 0 aliphatic carbocycles. The van der Waals surface area contributed by atoms with Gasteiger partial charge in [0.05, 0.1) is 5.69 Å². The van der Waals surface area contributed by atoms with Crippen LogP contribution in [0.25, 0.3) is 5.69 Å². The van der Waals surface area contributed by atoms with Crippen LogP contribution in [0.5, 0.6) is 0 Å². The van der Waals surface area contributed by atoms with E-state index < -0.39 is 0 Å². The van der Waals surface area contributed by atoms with Gasteiger partial charge in [-0.3, -0.25) is 4.79 Å². The third kappa shape index (κ3) is 3.19. The highest BCUT2D eigenvalue weighted by molar-refractivity contribution is 14.1. The van der Waals surface area contributed by atoms with Crippen molar-refractivity contribution in [2.24, 2.45) is 0 Å². The van der Waals surface area contributed by atoms with Crippen molar-refractivity contribution in [2.75, 3.05) is 5.32 Å². The number of nitrogens with one attached hydrogen (secondary N) is 1. The van der Waals surface area contributed by atoms with E-state index in [1.165, 1.54) is 0 Å². The Bertz CT molecular complexity index is 795. The lowest BCUT2D eigenvalue weighted by Crippen LogP contribution is -2.13. The minimum absolute atomic E-state index is 0.209. The van der Waals surface area contributed by atoms with Crippen molar-refractivity contribution in [3.8, 4) is 5.69 Å². The highest BCUT2D eigenvalue weighted by Gasteiger charge is 2.13. The molecule has 1 heterocycles. The summed E-state index contributed by atoms with van der Waals surface area (Å²) in [6.07, 6.45) is 0. The molecule has 0 fully saturated rings. The van der Waals surface area contributed by atoms with E-state index in [-0.39, 0.29) is 5.91 Å². The van der Waals surface area contributed by atoms with Gasteiger partial charge in [0, 0.05) is 15.0 Å². The second kappa shape index (κ2) is 6.31. The molecule has 3 rings (SSSR count). The van der Waals surface area contributed by atoms with E-state index in [9.17, 15) is 4.79 Å². The molecule has 5 heteroatoms. The van der Waals surface area contributed by atoms with Crippen LogP contribution in [0.2, 0.25) is 0 Å². The van der Waals surface area contributed by atoms with E-state index in [4.69, 9.17) is 0 Å². The maximum absolute atomic E-state index is 12.3. The lowest BCUT2D eigenvalue weighted by Gasteiger charge is -2.04. The average Bonchev–Trinajstić information content (AvgIpc) is 2.92. The Labute approximate surface area is 142 Å². The number of benzene rings is 2. The van der Waals surface area contributed by atoms with E-state index in [0.717, 1.165) is 20.6 Å². The second-order valence-corrected chi connectivity index (χ2v) is 6.12. The minimum atomic E-state index is -0.209. The van der Waals surface area contributed by atoms with Crippen LogP contribution in [0.4, 0.5) is 5.69 Å². The summed E-state index contributed by atoms with van der Waals surface area (Å²) in [4.78, 5) is 12.3. The van der Waals surface area contributed by atoms with Gasteiger partial charge in [-0.25, -0.2) is 4.68 Å². The van der Waals surface area contributed by atoms with Gasteiger partial charge in [0.1, 0.15) is 0 Å². The van der Waals surface area contributed by atoms with Crippen LogP contribution in [0.3, 0.4) is 0 Å². The summed E-state index contributed by atoms with van der Waals surface area (Å²) in [6, 6.07) is 19.2. The minimum Gasteiger partial charge on any atom is -0.321 e. The lowest BCUT2D eigenvalue weighted by atomic mass is 10.3. The Morgan fingerprint density at radius 2 is 1.77 bits per heavy atom. The lowest BCUT2D eigenvalue weighted by molar-refractivity contribution is 0.102. The Kier molecular flexibility index (Phi) is 4.24. The Morgan fingerprint density at radius 1 is 1.09 bits per heavy atom. The molecule has 1 aromatic heterocycles. The van der Waals surface area contributed by atoms with Crippen molar-refractivity contribution in [1.29, 1.82) is 0 Å². The number of nitrogens with zero attached hydrogens (tertiary/aromatic N) is 2. The van der Waals surface area contributed by atoms with Gasteiger partial charge in [-0.1, -0.05) is 18.2 Å². The normalized spacial score (nSPS) is 10.5. The zero-order valence-corrected chi connectivity index (χ0v) is 14.1. The summed E-state index contributed by atoms with van der Waals surface area (Å²) < 4.78 is 2.89. The first-order valence-electron chi connectivity index (χ1n) is 6.82. The van der Waals surface area contributed by atoms with Gasteiger partial charge >= 0.3 is 0 Å². The number of hydrogen-bond acceptors (Lipinski definition) is 2. The fourth-order valence-electron chi connectivity index (χ4n) is 2.14. The number of carbonyl (C=O) groups is 1. The number of amides is 1. The third-order valence-corrected chi connectivity index (χ3v) is 3.94. The topological polar surface area (TPSA) is 46.9 Å². The number of hydrogen-bond donors (Lipinski definition) is 1. The van der Waals surface area contributed by atoms with Crippen molar-refractivity contribution in [3.63, 3.8) is 0 Å². The molecule has 0 atom stereocenters. The maximum atomic E-state index is 12.3. The summed E-state index contributed by atoms with van der Waals surface area (Å²) in [5, 5.41) is 7.26. The van der Waals surface area contributed by atoms with Gasteiger partial charge in [0.15, 0.2) is 5.69 Å². The molecular weight excluding hydrogens is 389 g/mol. The zero-order chi connectivity index (χ0) is 15.5. The molecule has 0 saturated heterocycles. The van der Waals surface area contributed by atoms with Crippen molar-refractivity contribution < 1.29 is 4.79 Å². The molecule has 0 unspecified atom stereocenters. The molecular formula is C17H14IN3O. The van der Waals surface area contributed by atoms with Crippen molar-refractivity contribution in [1.82, 2.24) is 9.78 Å². The molecule has 0 bridgehead atoms. The van der Waals surface area contributed by atoms with Crippen LogP contribution in [-0.4, -0.2) is 15.7 Å². The molecule has 0 saturated carbocycles. The summed E-state index contributed by atoms with van der Waals surface area (Å²) >= 11 is 2.23. The Balaban J connectivity index is 1.83. The smallest absolute Gasteiger partial charge is 0.276 e. The van der Waals surface area contributed by atoms with Crippen LogP contribution in [-0.2, 0) is 0 Å². The summed E-state index contributed by atoms with van der Waals surface area (Å²) in [5.41, 5.74) is 3.02. The number of aryl methyl sites for hydroxylation is 1. The molecule has 4 nitrogen and oxygen atoms in total. The largest absolute Gasteiger partial charge is 0.321 e. The number of carbonyl (C=O) groups excluding carboxylic acids is 1. The molecule has 3 aromatic rings. The highest BCUT2D eigenvalue weighted by atomic mass is 127. The van der Waals surface area contributed by atoms with E-state index in [2.05, 4.69) is 33.0 Å². The van der Waals surface area contributed by atoms with Gasteiger partial charge in [0.2, 0.25) is 0 Å². The molecule has 110 valence electrons. The SMILES string of the molecule is Cc1cc(C(=O)Nc2ccc(I)cc2)nn1-c1ccccc1. The fraction of sp³-hybridized carbons (Fsp3) is 0.0588. The van der Waals surface area contributed by atoms with Gasteiger partial charge < -0.3 is 5.32 Å². The first-order chi connectivity index (χ1) is 10.6. The van der Waals surface area contributed by atoms with Crippen LogP contribution in [0, 0.1) is 10.5 Å². The van der Waals surface area contributed by atoms with Gasteiger partial charge in [-0.05, 0) is 72.0 Å². The Morgan fingerprint density at radius 3 is 2.45 bits per heavy atom. The molecule has 0 radical (unpaired) electrons. The Hall–Kier alpha value is -2.15. The van der Waals surface area contributed by atoms with Crippen LogP contribution in [0.15, 0.2) is 60.7 Å². The van der Waals surface area contributed by atoms with E-state index in [1.807, 2.05) is 61.5 Å². The summed E-state index contributed by atoms with van der Waals surface area (Å²) in [5.74, 6) is -0.209. The summed E-state index contributed by atoms with van der Waals surface area (Å²) in [6.45, 7) is 1.93. The number of aromatic nitrogens is 2. The first kappa shape index (κ1) is 14.8. The van der Waals surface area contributed by atoms with Crippen LogP contribution < -0.4 is 5.32 Å². The van der Waals surface area contributed by atoms with Crippen molar-refractivity contribution in [3.05, 3.63) is 75.6 Å². The summed E-state index contributed by atoms with van der Waals surface area (Å²) in [7, 11) is 0. The van der Waals surface area contributed by atoms with Crippen molar-refractivity contribution in [2.45, 2.75) is 6.92 Å². The van der Waals surface area contributed by atoms with E-state index in [1.54, 1.807) is 10.7 Å². The average molecular weight is 403 g/mol. The predicted molar refractivity (Wildman–Crippen MR) is 95.4 cm³/mol. The molecule has 1 amide bonds. The maximum Gasteiger partial charge on any atom is 0.276 e. The van der Waals surface area contributed by atoms with Gasteiger partial charge in [-0.15, -0.1) is 0 Å². The quantitative estimate of drug-likeness (QED) is 0.672. The second-order valence-electron chi connectivity index (χ2n) is 4.88. The van der Waals surface area contributed by atoms with Crippen molar-refractivity contribution >= 4 is 34.2 Å². The fourth-order valence-corrected chi connectivity index (χ4v) is 2.50. The molecule has 22 heavy (non-hydrogen) atoms. The third-order valence-electron chi connectivity index (χ3n) is 3.22. The molecule has 0 spiro atoms. The molecule has 1 N–H and O–H groups in total. The van der Waals surface area contributed by atoms with Gasteiger partial charge in [-0.2, -0.15) is 5.10 Å². The first-order valence-corrected chi connectivity index (χ1v) is 7.90. The highest BCUT2D eigenvalue weighted by Crippen LogP contribution is 2.15. The van der Waals surface area contributed by atoms with E-state index in [0.29, 0.717) is 5.69 Å².